The van der Waals surface area contributed by atoms with Crippen molar-refractivity contribution in [1.82, 2.24) is 19.8 Å². The van der Waals surface area contributed by atoms with Crippen LogP contribution in [0, 0.1) is 5.92 Å². The predicted octanol–water partition coefficient (Wildman–Crippen LogP) is 2.78. The molecule has 2 N–H and O–H groups in total. The lowest BCUT2D eigenvalue weighted by molar-refractivity contribution is -0.192. The van der Waals surface area contributed by atoms with Crippen LogP contribution in [0.3, 0.4) is 0 Å². The number of aromatic nitrogens is 2. The van der Waals surface area contributed by atoms with Crippen molar-refractivity contribution in [3.8, 4) is 0 Å². The van der Waals surface area contributed by atoms with E-state index < -0.39 is 12.1 Å². The molecular formula is C20H25F3N4O3S. The van der Waals surface area contributed by atoms with E-state index in [2.05, 4.69) is 32.7 Å². The summed E-state index contributed by atoms with van der Waals surface area (Å²) >= 11 is 1.74. The fraction of sp³-hybridized carbons (Fsp3) is 0.550. The van der Waals surface area contributed by atoms with E-state index in [0.29, 0.717) is 6.54 Å². The molecular weight excluding hydrogens is 433 g/mol. The molecule has 0 bridgehead atoms. The summed E-state index contributed by atoms with van der Waals surface area (Å²) in [5.74, 6) is -1.90. The summed E-state index contributed by atoms with van der Waals surface area (Å²) in [4.78, 5) is 30.0. The number of aryl methyl sites for hydroxylation is 1. The Labute approximate surface area is 181 Å². The van der Waals surface area contributed by atoms with Gasteiger partial charge in [0.25, 0.3) is 0 Å². The topological polar surface area (TPSA) is 87.5 Å². The van der Waals surface area contributed by atoms with E-state index >= 15 is 0 Å². The number of rotatable bonds is 6. The van der Waals surface area contributed by atoms with Crippen LogP contribution in [0.1, 0.15) is 35.0 Å². The number of hydrogen-bond acceptors (Lipinski definition) is 5. The monoisotopic (exact) mass is 458 g/mol. The van der Waals surface area contributed by atoms with Crippen molar-refractivity contribution < 1.29 is 27.9 Å². The van der Waals surface area contributed by atoms with Crippen molar-refractivity contribution in [2.45, 2.75) is 37.9 Å². The Balaban J connectivity index is 0.000000339. The van der Waals surface area contributed by atoms with Crippen LogP contribution in [0.25, 0.3) is 0 Å². The fourth-order valence-electron chi connectivity index (χ4n) is 3.58. The largest absolute Gasteiger partial charge is 0.490 e. The second-order valence-corrected chi connectivity index (χ2v) is 8.83. The van der Waals surface area contributed by atoms with E-state index in [1.54, 1.807) is 11.3 Å². The van der Waals surface area contributed by atoms with Gasteiger partial charge in [0, 0.05) is 38.1 Å². The average molecular weight is 459 g/mol. The predicted molar refractivity (Wildman–Crippen MR) is 109 cm³/mol. The third-order valence-corrected chi connectivity index (χ3v) is 6.17. The highest BCUT2D eigenvalue weighted by molar-refractivity contribution is 7.09. The van der Waals surface area contributed by atoms with Gasteiger partial charge in [-0.1, -0.05) is 6.07 Å². The number of hydrogen-bond donors (Lipinski definition) is 2. The van der Waals surface area contributed by atoms with Gasteiger partial charge in [-0.25, -0.2) is 9.78 Å². The number of fused-ring (bicyclic) bond motifs is 1. The van der Waals surface area contributed by atoms with Gasteiger partial charge in [-0.2, -0.15) is 13.2 Å². The number of imidazole rings is 1. The van der Waals surface area contributed by atoms with Crippen LogP contribution in [0.4, 0.5) is 13.2 Å². The average Bonchev–Trinajstić information content (AvgIpc) is 3.20. The number of thiophene rings is 1. The Morgan fingerprint density at radius 3 is 2.65 bits per heavy atom. The molecule has 0 spiro atoms. The van der Waals surface area contributed by atoms with Gasteiger partial charge in [0.05, 0.1) is 23.6 Å². The molecule has 11 heteroatoms. The summed E-state index contributed by atoms with van der Waals surface area (Å²) in [6.07, 6.45) is 0.337. The summed E-state index contributed by atoms with van der Waals surface area (Å²) in [6, 6.07) is 4.18. The van der Waals surface area contributed by atoms with Crippen molar-refractivity contribution in [3.05, 3.63) is 40.1 Å². The molecule has 1 unspecified atom stereocenters. The molecule has 1 atom stereocenters. The van der Waals surface area contributed by atoms with Crippen LogP contribution in [0.2, 0.25) is 0 Å². The number of nitrogens with one attached hydrogen (secondary N) is 1. The highest BCUT2D eigenvalue weighted by atomic mass is 32.1. The molecule has 3 heterocycles. The van der Waals surface area contributed by atoms with E-state index in [1.165, 1.54) is 17.7 Å². The lowest BCUT2D eigenvalue weighted by Crippen LogP contribution is -2.43. The van der Waals surface area contributed by atoms with Gasteiger partial charge >= 0.3 is 12.1 Å². The number of nitrogens with zero attached hydrogens (tertiary/aromatic N) is 3. The zero-order chi connectivity index (χ0) is 22.6. The normalized spacial score (nSPS) is 18.6. The minimum absolute atomic E-state index is 0.108. The molecule has 1 aliphatic carbocycles. The number of carbonyl (C=O) groups is 2. The van der Waals surface area contributed by atoms with Crippen molar-refractivity contribution in [1.29, 1.82) is 0 Å². The molecule has 2 aliphatic rings. The molecule has 0 radical (unpaired) electrons. The molecule has 2 aromatic heterocycles. The van der Waals surface area contributed by atoms with E-state index in [4.69, 9.17) is 9.90 Å². The second-order valence-electron chi connectivity index (χ2n) is 7.80. The number of amides is 1. The second kappa shape index (κ2) is 9.82. The maximum absolute atomic E-state index is 12.8. The first-order valence-corrected chi connectivity index (χ1v) is 10.9. The van der Waals surface area contributed by atoms with Crippen molar-refractivity contribution >= 4 is 23.2 Å². The van der Waals surface area contributed by atoms with Gasteiger partial charge in [0.2, 0.25) is 5.91 Å². The Morgan fingerprint density at radius 1 is 1.35 bits per heavy atom. The molecule has 1 aliphatic heterocycles. The standard InChI is InChI=1S/C18H24N4OS.C2HF3O2/c1-21-12-20-16-11-22(9-13-4-5-13)10-15(17(16)21)18(23)19-7-6-14-3-2-8-24-14;3-2(4,5)1(6)7/h2-3,8,12-13,15H,4-7,9-11H2,1H3,(H,19,23);(H,6,7). The van der Waals surface area contributed by atoms with Crippen LogP contribution >= 0.6 is 11.3 Å². The third-order valence-electron chi connectivity index (χ3n) is 5.23. The van der Waals surface area contributed by atoms with Gasteiger partial charge in [-0.05, 0) is 36.6 Å². The number of carboxylic acids is 1. The van der Waals surface area contributed by atoms with Crippen LogP contribution in [0.5, 0.6) is 0 Å². The summed E-state index contributed by atoms with van der Waals surface area (Å²) < 4.78 is 33.8. The number of aliphatic carboxylic acids is 1. The summed E-state index contributed by atoms with van der Waals surface area (Å²) in [5.41, 5.74) is 2.17. The van der Waals surface area contributed by atoms with Crippen LogP contribution in [-0.4, -0.2) is 57.2 Å². The van der Waals surface area contributed by atoms with Crippen LogP contribution in [-0.2, 0) is 29.6 Å². The molecule has 2 aromatic rings. The van der Waals surface area contributed by atoms with Crippen molar-refractivity contribution in [2.75, 3.05) is 19.6 Å². The van der Waals surface area contributed by atoms with Gasteiger partial charge in [0.15, 0.2) is 0 Å². The van der Waals surface area contributed by atoms with Gasteiger partial charge in [0.1, 0.15) is 0 Å². The number of carboxylic acid groups (broad SMARTS) is 1. The Hall–Kier alpha value is -2.40. The number of alkyl halides is 3. The number of halogens is 3. The SMILES string of the molecule is Cn1cnc2c1C(C(=O)NCCc1cccs1)CN(CC1CC1)C2.O=C(O)C(F)(F)F. The first-order valence-electron chi connectivity index (χ1n) is 9.97. The smallest absolute Gasteiger partial charge is 0.475 e. The van der Waals surface area contributed by atoms with E-state index in [-0.39, 0.29) is 11.8 Å². The summed E-state index contributed by atoms with van der Waals surface area (Å²) in [5, 5.41) is 12.3. The maximum Gasteiger partial charge on any atom is 0.490 e. The van der Waals surface area contributed by atoms with E-state index in [0.717, 1.165) is 43.4 Å². The van der Waals surface area contributed by atoms with E-state index in [9.17, 15) is 18.0 Å². The summed E-state index contributed by atoms with van der Waals surface area (Å²) in [6.45, 7) is 3.50. The lowest BCUT2D eigenvalue weighted by atomic mass is 9.96. The fourth-order valence-corrected chi connectivity index (χ4v) is 4.29. The minimum atomic E-state index is -5.08. The molecule has 7 nitrogen and oxygen atoms in total. The first-order chi connectivity index (χ1) is 14.6. The molecule has 0 aromatic carbocycles. The number of carbonyl (C=O) groups excluding carboxylic acids is 1. The molecule has 0 saturated heterocycles. The highest BCUT2D eigenvalue weighted by Crippen LogP contribution is 2.34. The van der Waals surface area contributed by atoms with E-state index in [1.807, 2.05) is 17.9 Å². The van der Waals surface area contributed by atoms with Crippen molar-refractivity contribution in [3.63, 3.8) is 0 Å². The third kappa shape index (κ3) is 6.54. The Kier molecular flexibility index (Phi) is 7.37. The molecule has 1 saturated carbocycles. The Bertz CT molecular complexity index is 894. The van der Waals surface area contributed by atoms with Crippen molar-refractivity contribution in [2.24, 2.45) is 13.0 Å². The zero-order valence-electron chi connectivity index (χ0n) is 17.1. The van der Waals surface area contributed by atoms with Crippen LogP contribution in [0.15, 0.2) is 23.8 Å². The van der Waals surface area contributed by atoms with Gasteiger partial charge < -0.3 is 15.0 Å². The molecule has 31 heavy (non-hydrogen) atoms. The zero-order valence-corrected chi connectivity index (χ0v) is 17.9. The quantitative estimate of drug-likeness (QED) is 0.695. The molecule has 170 valence electrons. The first kappa shape index (κ1) is 23.3. The maximum atomic E-state index is 12.8. The Morgan fingerprint density at radius 2 is 2.06 bits per heavy atom. The van der Waals surface area contributed by atoms with Gasteiger partial charge in [-0.3, -0.25) is 9.69 Å². The molecule has 1 amide bonds. The molecule has 4 rings (SSSR count). The highest BCUT2D eigenvalue weighted by Gasteiger charge is 2.38. The van der Waals surface area contributed by atoms with Gasteiger partial charge in [-0.15, -0.1) is 11.3 Å². The molecule has 1 fully saturated rings. The lowest BCUT2D eigenvalue weighted by Gasteiger charge is -2.32. The minimum Gasteiger partial charge on any atom is -0.475 e. The summed E-state index contributed by atoms with van der Waals surface area (Å²) in [7, 11) is 1.99. The van der Waals surface area contributed by atoms with Crippen LogP contribution < -0.4 is 5.32 Å².